The smallest absolute Gasteiger partial charge is 0.350 e. The third kappa shape index (κ3) is 5.44. The predicted molar refractivity (Wildman–Crippen MR) is 146 cm³/mol. The molecule has 0 saturated carbocycles. The predicted octanol–water partition coefficient (Wildman–Crippen LogP) is 6.09. The van der Waals surface area contributed by atoms with E-state index in [1.807, 2.05) is 0 Å². The molecule has 1 fully saturated rings. The largest absolute Gasteiger partial charge is 0.507 e. The summed E-state index contributed by atoms with van der Waals surface area (Å²) in [7, 11) is 0. The summed E-state index contributed by atoms with van der Waals surface area (Å²) < 4.78 is 10.8. The number of ketones is 1. The molecule has 3 aromatic rings. The number of benzene rings is 2. The first-order valence-corrected chi connectivity index (χ1v) is 13.4. The molecule has 2 aromatic carbocycles. The Bertz CT molecular complexity index is 1400. The summed E-state index contributed by atoms with van der Waals surface area (Å²) >= 11 is 7.20. The minimum Gasteiger partial charge on any atom is -0.507 e. The number of hydrogen-bond acceptors (Lipinski definition) is 8. The van der Waals surface area contributed by atoms with Crippen molar-refractivity contribution in [2.75, 3.05) is 18.1 Å². The molecule has 0 unspecified atom stereocenters. The highest BCUT2D eigenvalue weighted by atomic mass is 35.5. The van der Waals surface area contributed by atoms with Crippen LogP contribution in [0.25, 0.3) is 5.76 Å². The van der Waals surface area contributed by atoms with E-state index in [-0.39, 0.29) is 27.9 Å². The van der Waals surface area contributed by atoms with Crippen LogP contribution in [0.15, 0.2) is 54.1 Å². The molecule has 0 radical (unpaired) electrons. The standard InChI is InChI=1S/C28H27ClN2O6S/c1-4-6-14-37-20-12-10-17(11-13-20)23(32)21-22(18-8-7-9-19(29)15-18)31(26(34)24(21)33)28-30-16(3)25(38-28)27(35)36-5-2/h7-13,15,22,32H,4-6,14H2,1-3H3/t22-/m1/s1. The van der Waals surface area contributed by atoms with Crippen LogP contribution >= 0.6 is 22.9 Å². The SMILES string of the molecule is CCCCOc1ccc(C(O)=C2C(=O)C(=O)N(c3nc(C)c(C(=O)OCC)s3)[C@@H]2c2cccc(Cl)c2)cc1. The van der Waals surface area contributed by atoms with Crippen LogP contribution in [0.5, 0.6) is 5.75 Å². The van der Waals surface area contributed by atoms with Gasteiger partial charge in [-0.15, -0.1) is 0 Å². The summed E-state index contributed by atoms with van der Waals surface area (Å²) in [6.45, 7) is 6.14. The number of aliphatic hydroxyl groups excluding tert-OH is 1. The topological polar surface area (TPSA) is 106 Å². The summed E-state index contributed by atoms with van der Waals surface area (Å²) in [4.78, 5) is 45.0. The van der Waals surface area contributed by atoms with E-state index in [0.29, 0.717) is 34.2 Å². The van der Waals surface area contributed by atoms with Gasteiger partial charge in [0.25, 0.3) is 5.78 Å². The van der Waals surface area contributed by atoms with Gasteiger partial charge in [-0.3, -0.25) is 14.5 Å². The number of aromatic nitrogens is 1. The number of Topliss-reactive ketones (excluding diaryl/α,β-unsaturated/α-hetero) is 1. The molecule has 1 atom stereocenters. The molecule has 8 nitrogen and oxygen atoms in total. The number of carbonyl (C=O) groups excluding carboxylic acids is 3. The highest BCUT2D eigenvalue weighted by Gasteiger charge is 2.48. The molecule has 0 aliphatic carbocycles. The van der Waals surface area contributed by atoms with E-state index < -0.39 is 23.7 Å². The van der Waals surface area contributed by atoms with E-state index in [2.05, 4.69) is 11.9 Å². The van der Waals surface area contributed by atoms with Crippen LogP contribution < -0.4 is 9.64 Å². The number of aryl methyl sites for hydroxylation is 1. The zero-order valence-electron chi connectivity index (χ0n) is 21.2. The van der Waals surface area contributed by atoms with Crippen LogP contribution in [0.4, 0.5) is 5.13 Å². The van der Waals surface area contributed by atoms with Gasteiger partial charge in [-0.2, -0.15) is 0 Å². The lowest BCUT2D eigenvalue weighted by atomic mass is 9.95. The number of unbranched alkanes of at least 4 members (excludes halogenated alkanes) is 1. The lowest BCUT2D eigenvalue weighted by molar-refractivity contribution is -0.132. The van der Waals surface area contributed by atoms with E-state index in [0.717, 1.165) is 24.2 Å². The third-order valence-electron chi connectivity index (χ3n) is 5.96. The van der Waals surface area contributed by atoms with E-state index in [9.17, 15) is 19.5 Å². The van der Waals surface area contributed by atoms with Crippen LogP contribution in [-0.2, 0) is 14.3 Å². The van der Waals surface area contributed by atoms with Crippen LogP contribution in [0, 0.1) is 6.92 Å². The average Bonchev–Trinajstić information content (AvgIpc) is 3.41. The molecule has 10 heteroatoms. The van der Waals surface area contributed by atoms with Gasteiger partial charge in [-0.1, -0.05) is 48.4 Å². The van der Waals surface area contributed by atoms with Gasteiger partial charge in [0.1, 0.15) is 16.4 Å². The first kappa shape index (κ1) is 27.3. The van der Waals surface area contributed by atoms with Crippen molar-refractivity contribution < 1.29 is 29.0 Å². The maximum Gasteiger partial charge on any atom is 0.350 e. The van der Waals surface area contributed by atoms with Gasteiger partial charge in [0.05, 0.1) is 30.5 Å². The maximum absolute atomic E-state index is 13.4. The summed E-state index contributed by atoms with van der Waals surface area (Å²) in [5.41, 5.74) is 1.11. The molecule has 2 heterocycles. The highest BCUT2D eigenvalue weighted by Crippen LogP contribution is 2.44. The zero-order valence-corrected chi connectivity index (χ0v) is 22.8. The molecule has 0 spiro atoms. The van der Waals surface area contributed by atoms with E-state index >= 15 is 0 Å². The fourth-order valence-electron chi connectivity index (χ4n) is 4.09. The Hall–Kier alpha value is -3.69. The van der Waals surface area contributed by atoms with Crippen molar-refractivity contribution in [3.8, 4) is 5.75 Å². The molecule has 38 heavy (non-hydrogen) atoms. The molecule has 1 aliphatic heterocycles. The van der Waals surface area contributed by atoms with Gasteiger partial charge in [0.15, 0.2) is 5.13 Å². The Morgan fingerprint density at radius 1 is 1.16 bits per heavy atom. The molecule has 0 bridgehead atoms. The Morgan fingerprint density at radius 3 is 2.55 bits per heavy atom. The number of halogens is 1. The third-order valence-corrected chi connectivity index (χ3v) is 7.33. The summed E-state index contributed by atoms with van der Waals surface area (Å²) in [6.07, 6.45) is 1.92. The number of esters is 1. The fourth-order valence-corrected chi connectivity index (χ4v) is 5.28. The van der Waals surface area contributed by atoms with E-state index in [1.165, 1.54) is 4.90 Å². The highest BCUT2D eigenvalue weighted by molar-refractivity contribution is 7.17. The number of nitrogens with zero attached hydrogens (tertiary/aromatic N) is 2. The van der Waals surface area contributed by atoms with Crippen LogP contribution in [0.3, 0.4) is 0 Å². The van der Waals surface area contributed by atoms with Gasteiger partial charge < -0.3 is 14.6 Å². The number of amides is 1. The first-order valence-electron chi connectivity index (χ1n) is 12.2. The average molecular weight is 555 g/mol. The van der Waals surface area contributed by atoms with Gasteiger partial charge in [0.2, 0.25) is 0 Å². The summed E-state index contributed by atoms with van der Waals surface area (Å²) in [5, 5.41) is 11.8. The Balaban J connectivity index is 1.81. The second-order valence-electron chi connectivity index (χ2n) is 8.58. The van der Waals surface area contributed by atoms with Crippen molar-refractivity contribution in [3.05, 3.63) is 80.8 Å². The molecule has 1 saturated heterocycles. The van der Waals surface area contributed by atoms with Gasteiger partial charge in [-0.25, -0.2) is 9.78 Å². The Kier molecular flexibility index (Phi) is 8.48. The summed E-state index contributed by atoms with van der Waals surface area (Å²) in [6, 6.07) is 12.3. The van der Waals surface area contributed by atoms with Crippen molar-refractivity contribution in [3.63, 3.8) is 0 Å². The molecule has 1 aliphatic rings. The van der Waals surface area contributed by atoms with Crippen molar-refractivity contribution >= 4 is 51.5 Å². The number of thiazole rings is 1. The lowest BCUT2D eigenvalue weighted by Gasteiger charge is -2.23. The second kappa shape index (κ2) is 11.8. The zero-order chi connectivity index (χ0) is 27.4. The molecular formula is C28H27ClN2O6S. The van der Waals surface area contributed by atoms with Crippen LogP contribution in [-0.4, -0.2) is 41.0 Å². The lowest BCUT2D eigenvalue weighted by Crippen LogP contribution is -2.29. The Morgan fingerprint density at radius 2 is 1.89 bits per heavy atom. The molecule has 1 amide bonds. The molecule has 4 rings (SSSR count). The number of ether oxygens (including phenoxy) is 2. The monoisotopic (exact) mass is 554 g/mol. The van der Waals surface area contributed by atoms with Crippen molar-refractivity contribution in [1.29, 1.82) is 0 Å². The van der Waals surface area contributed by atoms with Gasteiger partial charge >= 0.3 is 11.9 Å². The molecular weight excluding hydrogens is 528 g/mol. The van der Waals surface area contributed by atoms with E-state index in [4.69, 9.17) is 21.1 Å². The van der Waals surface area contributed by atoms with Crippen LogP contribution in [0.1, 0.15) is 59.2 Å². The number of carbonyl (C=O) groups is 3. The van der Waals surface area contributed by atoms with Gasteiger partial charge in [-0.05, 0) is 62.2 Å². The van der Waals surface area contributed by atoms with E-state index in [1.54, 1.807) is 62.4 Å². The minimum absolute atomic E-state index is 0.109. The van der Waals surface area contributed by atoms with Gasteiger partial charge in [0, 0.05) is 10.6 Å². The molecule has 198 valence electrons. The van der Waals surface area contributed by atoms with Crippen molar-refractivity contribution in [1.82, 2.24) is 4.98 Å². The first-order chi connectivity index (χ1) is 18.3. The summed E-state index contributed by atoms with van der Waals surface area (Å²) in [5.74, 6) is -2.02. The Labute approximate surface area is 229 Å². The molecule has 1 aromatic heterocycles. The number of aliphatic hydroxyl groups is 1. The van der Waals surface area contributed by atoms with Crippen molar-refractivity contribution in [2.24, 2.45) is 0 Å². The second-order valence-corrected chi connectivity index (χ2v) is 10.00. The number of hydrogen-bond donors (Lipinski definition) is 1. The maximum atomic E-state index is 13.4. The number of anilines is 1. The fraction of sp³-hybridized carbons (Fsp3) is 0.286. The molecule has 1 N–H and O–H groups in total. The normalized spacial score (nSPS) is 16.6. The van der Waals surface area contributed by atoms with Crippen LogP contribution in [0.2, 0.25) is 5.02 Å². The van der Waals surface area contributed by atoms with Crippen molar-refractivity contribution in [2.45, 2.75) is 39.7 Å². The minimum atomic E-state index is -1.02. The quantitative estimate of drug-likeness (QED) is 0.112. The number of rotatable bonds is 9.